The summed E-state index contributed by atoms with van der Waals surface area (Å²) in [5, 5.41) is 12.0. The van der Waals surface area contributed by atoms with Crippen molar-refractivity contribution in [3.05, 3.63) is 35.4 Å². The normalized spacial score (nSPS) is 23.0. The van der Waals surface area contributed by atoms with Gasteiger partial charge in [0.15, 0.2) is 0 Å². The summed E-state index contributed by atoms with van der Waals surface area (Å²) >= 11 is 0. The van der Waals surface area contributed by atoms with Crippen LogP contribution in [0.1, 0.15) is 30.4 Å². The minimum absolute atomic E-state index is 0.0341. The molecule has 1 aliphatic rings. The molecule has 0 bridgehead atoms. The number of benzene rings is 1. The second-order valence-electron chi connectivity index (χ2n) is 5.50. The predicted molar refractivity (Wildman–Crippen MR) is 71.9 cm³/mol. The van der Waals surface area contributed by atoms with Crippen molar-refractivity contribution in [2.45, 2.75) is 37.9 Å². The number of aliphatic carboxylic acids is 1. The number of hydrogen-bond acceptors (Lipinski definition) is 2. The SMILES string of the molecule is O=C(O)CC1CCNC(Cc2ccccc2C(F)(F)F)C1. The lowest BCUT2D eigenvalue weighted by Gasteiger charge is -2.30. The smallest absolute Gasteiger partial charge is 0.416 e. The first-order valence-electron chi connectivity index (χ1n) is 6.96. The molecule has 2 N–H and O–H groups in total. The molecule has 2 rings (SSSR count). The monoisotopic (exact) mass is 301 g/mol. The van der Waals surface area contributed by atoms with Crippen LogP contribution in [0.5, 0.6) is 0 Å². The van der Waals surface area contributed by atoms with Gasteiger partial charge in [-0.1, -0.05) is 18.2 Å². The Morgan fingerprint density at radius 2 is 2.05 bits per heavy atom. The Balaban J connectivity index is 2.06. The van der Waals surface area contributed by atoms with Gasteiger partial charge in [0, 0.05) is 12.5 Å². The highest BCUT2D eigenvalue weighted by atomic mass is 19.4. The minimum Gasteiger partial charge on any atom is -0.481 e. The van der Waals surface area contributed by atoms with Crippen LogP contribution in [0, 0.1) is 5.92 Å². The lowest BCUT2D eigenvalue weighted by atomic mass is 9.86. The largest absolute Gasteiger partial charge is 0.481 e. The van der Waals surface area contributed by atoms with Gasteiger partial charge in [-0.25, -0.2) is 0 Å². The standard InChI is InChI=1S/C15H18F3NO2/c16-15(17,18)13-4-2-1-3-11(13)9-12-7-10(5-6-19-12)8-14(20)21/h1-4,10,12,19H,5-9H2,(H,20,21). The molecule has 1 aromatic carbocycles. The van der Waals surface area contributed by atoms with Gasteiger partial charge in [-0.2, -0.15) is 13.2 Å². The zero-order chi connectivity index (χ0) is 15.5. The van der Waals surface area contributed by atoms with Gasteiger partial charge >= 0.3 is 12.1 Å². The zero-order valence-corrected chi connectivity index (χ0v) is 11.5. The van der Waals surface area contributed by atoms with Gasteiger partial charge in [0.05, 0.1) is 5.56 Å². The van der Waals surface area contributed by atoms with Gasteiger partial charge in [0.25, 0.3) is 0 Å². The Morgan fingerprint density at radius 1 is 1.33 bits per heavy atom. The fourth-order valence-electron chi connectivity index (χ4n) is 2.92. The molecule has 2 unspecified atom stereocenters. The van der Waals surface area contributed by atoms with E-state index in [4.69, 9.17) is 5.11 Å². The Labute approximate surface area is 121 Å². The average Bonchev–Trinajstić information content (AvgIpc) is 2.37. The van der Waals surface area contributed by atoms with Crippen LogP contribution in [0.2, 0.25) is 0 Å². The molecular formula is C15H18F3NO2. The molecule has 0 saturated carbocycles. The summed E-state index contributed by atoms with van der Waals surface area (Å²) in [4.78, 5) is 10.7. The van der Waals surface area contributed by atoms with Crippen molar-refractivity contribution >= 4 is 5.97 Å². The highest BCUT2D eigenvalue weighted by molar-refractivity contribution is 5.67. The second kappa shape index (κ2) is 6.47. The topological polar surface area (TPSA) is 49.3 Å². The summed E-state index contributed by atoms with van der Waals surface area (Å²) in [6.07, 6.45) is -2.65. The summed E-state index contributed by atoms with van der Waals surface area (Å²) in [5.41, 5.74) is -0.342. The molecule has 1 fully saturated rings. The predicted octanol–water partition coefficient (Wildman–Crippen LogP) is 3.09. The quantitative estimate of drug-likeness (QED) is 0.898. The zero-order valence-electron chi connectivity index (χ0n) is 11.5. The summed E-state index contributed by atoms with van der Waals surface area (Å²) in [6, 6.07) is 5.46. The van der Waals surface area contributed by atoms with E-state index in [1.54, 1.807) is 6.07 Å². The van der Waals surface area contributed by atoms with Gasteiger partial charge in [-0.15, -0.1) is 0 Å². The number of rotatable bonds is 4. The van der Waals surface area contributed by atoms with E-state index in [9.17, 15) is 18.0 Å². The van der Waals surface area contributed by atoms with Crippen molar-refractivity contribution in [3.8, 4) is 0 Å². The molecule has 1 saturated heterocycles. The van der Waals surface area contributed by atoms with Crippen molar-refractivity contribution in [1.29, 1.82) is 0 Å². The maximum absolute atomic E-state index is 13.0. The van der Waals surface area contributed by atoms with Gasteiger partial charge < -0.3 is 10.4 Å². The third-order valence-electron chi connectivity index (χ3n) is 3.86. The van der Waals surface area contributed by atoms with Crippen molar-refractivity contribution in [2.24, 2.45) is 5.92 Å². The molecule has 1 aliphatic heterocycles. The van der Waals surface area contributed by atoms with Crippen LogP contribution in [0.15, 0.2) is 24.3 Å². The third-order valence-corrected chi connectivity index (χ3v) is 3.86. The van der Waals surface area contributed by atoms with Crippen molar-refractivity contribution in [1.82, 2.24) is 5.32 Å². The lowest BCUT2D eigenvalue weighted by Crippen LogP contribution is -2.40. The van der Waals surface area contributed by atoms with Crippen molar-refractivity contribution in [2.75, 3.05) is 6.54 Å². The van der Waals surface area contributed by atoms with E-state index in [1.165, 1.54) is 12.1 Å². The van der Waals surface area contributed by atoms with Gasteiger partial charge in [-0.3, -0.25) is 4.79 Å². The summed E-state index contributed by atoms with van der Waals surface area (Å²) < 4.78 is 38.9. The number of carboxylic acids is 1. The Morgan fingerprint density at radius 3 is 2.71 bits per heavy atom. The molecule has 1 aromatic rings. The number of carboxylic acid groups (broad SMARTS) is 1. The Hall–Kier alpha value is -1.56. The molecule has 1 heterocycles. The van der Waals surface area contributed by atoms with Crippen LogP contribution in [-0.2, 0) is 17.4 Å². The van der Waals surface area contributed by atoms with Gasteiger partial charge in [-0.05, 0) is 43.4 Å². The van der Waals surface area contributed by atoms with Crippen molar-refractivity contribution < 1.29 is 23.1 Å². The molecule has 21 heavy (non-hydrogen) atoms. The Bertz CT molecular complexity index is 502. The first-order chi connectivity index (χ1) is 9.86. The van der Waals surface area contributed by atoms with E-state index in [-0.39, 0.29) is 30.4 Å². The fraction of sp³-hybridized carbons (Fsp3) is 0.533. The molecule has 0 aromatic heterocycles. The first kappa shape index (κ1) is 15.8. The van der Waals surface area contributed by atoms with E-state index in [2.05, 4.69) is 5.32 Å². The van der Waals surface area contributed by atoms with E-state index in [0.29, 0.717) is 13.0 Å². The minimum atomic E-state index is -4.36. The van der Waals surface area contributed by atoms with E-state index in [0.717, 1.165) is 12.5 Å². The third kappa shape index (κ3) is 4.46. The van der Waals surface area contributed by atoms with E-state index >= 15 is 0 Å². The highest BCUT2D eigenvalue weighted by Crippen LogP contribution is 2.33. The van der Waals surface area contributed by atoms with Crippen molar-refractivity contribution in [3.63, 3.8) is 0 Å². The van der Waals surface area contributed by atoms with Gasteiger partial charge in [0.2, 0.25) is 0 Å². The van der Waals surface area contributed by atoms with Crippen LogP contribution < -0.4 is 5.32 Å². The Kier molecular flexibility index (Phi) is 4.88. The molecule has 0 radical (unpaired) electrons. The van der Waals surface area contributed by atoms with E-state index < -0.39 is 17.7 Å². The lowest BCUT2D eigenvalue weighted by molar-refractivity contribution is -0.139. The molecule has 3 nitrogen and oxygen atoms in total. The van der Waals surface area contributed by atoms with Gasteiger partial charge in [0.1, 0.15) is 0 Å². The number of piperidine rings is 1. The summed E-state index contributed by atoms with van der Waals surface area (Å²) in [5.74, 6) is -0.817. The number of alkyl halides is 3. The molecule has 2 atom stereocenters. The highest BCUT2D eigenvalue weighted by Gasteiger charge is 2.34. The summed E-state index contributed by atoms with van der Waals surface area (Å²) in [7, 11) is 0. The fourth-order valence-corrected chi connectivity index (χ4v) is 2.92. The number of nitrogens with one attached hydrogen (secondary N) is 1. The van der Waals surface area contributed by atoms with Crippen LogP contribution in [0.3, 0.4) is 0 Å². The van der Waals surface area contributed by atoms with E-state index in [1.807, 2.05) is 0 Å². The van der Waals surface area contributed by atoms with Crippen LogP contribution in [-0.4, -0.2) is 23.7 Å². The van der Waals surface area contributed by atoms with Crippen LogP contribution in [0.25, 0.3) is 0 Å². The van der Waals surface area contributed by atoms with Crippen LogP contribution in [0.4, 0.5) is 13.2 Å². The molecule has 0 spiro atoms. The molecule has 0 aliphatic carbocycles. The first-order valence-corrected chi connectivity index (χ1v) is 6.96. The number of halogens is 3. The summed E-state index contributed by atoms with van der Waals surface area (Å²) in [6.45, 7) is 0.650. The molecule has 116 valence electrons. The second-order valence-corrected chi connectivity index (χ2v) is 5.50. The molecule has 6 heteroatoms. The molecule has 0 amide bonds. The maximum atomic E-state index is 13.0. The van der Waals surface area contributed by atoms with Crippen LogP contribution >= 0.6 is 0 Å². The number of hydrogen-bond donors (Lipinski definition) is 2. The molecular weight excluding hydrogens is 283 g/mol. The number of carbonyl (C=O) groups is 1. The average molecular weight is 301 g/mol. The maximum Gasteiger partial charge on any atom is 0.416 e.